The highest BCUT2D eigenvalue weighted by Crippen LogP contribution is 2.29. The average Bonchev–Trinajstić information content (AvgIpc) is 2.82. The number of hydrogen-bond acceptors (Lipinski definition) is 5. The summed E-state index contributed by atoms with van der Waals surface area (Å²) < 4.78 is 38.5. The lowest BCUT2D eigenvalue weighted by molar-refractivity contribution is 0.0671. The molecule has 0 saturated carbocycles. The predicted molar refractivity (Wildman–Crippen MR) is 119 cm³/mol. The molecule has 1 unspecified atom stereocenters. The van der Waals surface area contributed by atoms with E-state index in [1.807, 2.05) is 44.2 Å². The third-order valence-electron chi connectivity index (χ3n) is 5.58. The minimum Gasteiger partial charge on any atom is -0.495 e. The van der Waals surface area contributed by atoms with E-state index < -0.39 is 10.0 Å². The van der Waals surface area contributed by atoms with Crippen molar-refractivity contribution in [1.82, 2.24) is 9.21 Å². The zero-order valence-electron chi connectivity index (χ0n) is 18.3. The average molecular weight is 447 g/mol. The summed E-state index contributed by atoms with van der Waals surface area (Å²) in [6.45, 7) is 5.71. The van der Waals surface area contributed by atoms with Crippen molar-refractivity contribution >= 4 is 15.9 Å². The number of hydrogen-bond donors (Lipinski definition) is 0. The van der Waals surface area contributed by atoms with Crippen LogP contribution in [0.4, 0.5) is 0 Å². The number of rotatable bonds is 8. The largest absolute Gasteiger partial charge is 0.495 e. The third-order valence-corrected chi connectivity index (χ3v) is 7.50. The molecule has 7 nitrogen and oxygen atoms in total. The molecule has 0 spiro atoms. The molecular weight excluding hydrogens is 416 g/mol. The minimum absolute atomic E-state index is 0.00546. The minimum atomic E-state index is -3.81. The second kappa shape index (κ2) is 10.3. The number of ether oxygens (including phenoxy) is 2. The van der Waals surface area contributed by atoms with E-state index >= 15 is 0 Å². The van der Waals surface area contributed by atoms with Crippen molar-refractivity contribution in [3.63, 3.8) is 0 Å². The SMILES string of the molecule is CCC(C)N(Cc1ccccc1)C(=O)c1ccc(OC)c(S(=O)(=O)N2CCOCC2)c1. The first-order valence-electron chi connectivity index (χ1n) is 10.5. The molecule has 8 heteroatoms. The molecule has 2 aromatic carbocycles. The number of amides is 1. The lowest BCUT2D eigenvalue weighted by atomic mass is 10.1. The number of carbonyl (C=O) groups excluding carboxylic acids is 1. The number of sulfonamides is 1. The summed E-state index contributed by atoms with van der Waals surface area (Å²) in [5.74, 6) is 0.0143. The topological polar surface area (TPSA) is 76.2 Å². The Bertz CT molecular complexity index is 988. The number of methoxy groups -OCH3 is 1. The van der Waals surface area contributed by atoms with Gasteiger partial charge in [-0.15, -0.1) is 0 Å². The predicted octanol–water partition coefficient (Wildman–Crippen LogP) is 3.16. The fraction of sp³-hybridized carbons (Fsp3) is 0.435. The number of morpholine rings is 1. The van der Waals surface area contributed by atoms with E-state index in [1.54, 1.807) is 17.0 Å². The molecule has 3 rings (SSSR count). The van der Waals surface area contributed by atoms with Gasteiger partial charge in [-0.3, -0.25) is 4.79 Å². The second-order valence-corrected chi connectivity index (χ2v) is 9.46. The van der Waals surface area contributed by atoms with Gasteiger partial charge in [0, 0.05) is 31.2 Å². The molecule has 31 heavy (non-hydrogen) atoms. The Morgan fingerprint density at radius 2 is 1.84 bits per heavy atom. The van der Waals surface area contributed by atoms with Gasteiger partial charge >= 0.3 is 0 Å². The van der Waals surface area contributed by atoms with Crippen LogP contribution < -0.4 is 4.74 Å². The van der Waals surface area contributed by atoms with Gasteiger partial charge < -0.3 is 14.4 Å². The summed E-state index contributed by atoms with van der Waals surface area (Å²) in [4.78, 5) is 15.2. The van der Waals surface area contributed by atoms with Crippen molar-refractivity contribution in [1.29, 1.82) is 0 Å². The quantitative estimate of drug-likeness (QED) is 0.623. The normalized spacial score (nSPS) is 16.0. The van der Waals surface area contributed by atoms with Crippen molar-refractivity contribution in [3.05, 3.63) is 59.7 Å². The Balaban J connectivity index is 1.97. The molecule has 168 valence electrons. The van der Waals surface area contributed by atoms with Crippen LogP contribution in [0.5, 0.6) is 5.75 Å². The highest BCUT2D eigenvalue weighted by Gasteiger charge is 2.31. The molecule has 0 aliphatic carbocycles. The van der Waals surface area contributed by atoms with E-state index in [0.29, 0.717) is 25.3 Å². The van der Waals surface area contributed by atoms with Gasteiger partial charge in [-0.1, -0.05) is 37.3 Å². The summed E-state index contributed by atoms with van der Waals surface area (Å²) >= 11 is 0. The first-order chi connectivity index (χ1) is 14.9. The zero-order valence-corrected chi connectivity index (χ0v) is 19.1. The standard InChI is InChI=1S/C23H30N2O5S/c1-4-18(2)25(17-19-8-6-5-7-9-19)23(26)20-10-11-21(29-3)22(16-20)31(27,28)24-12-14-30-15-13-24/h5-11,16,18H,4,12-15,17H2,1-3H3. The Kier molecular flexibility index (Phi) is 7.69. The first-order valence-corrected chi connectivity index (χ1v) is 11.9. The summed E-state index contributed by atoms with van der Waals surface area (Å²) in [5, 5.41) is 0. The van der Waals surface area contributed by atoms with Gasteiger partial charge in [-0.25, -0.2) is 8.42 Å². The van der Waals surface area contributed by atoms with Crippen LogP contribution in [-0.4, -0.2) is 63.0 Å². The number of nitrogens with zero attached hydrogens (tertiary/aromatic N) is 2. The Hall–Kier alpha value is -2.42. The zero-order chi connectivity index (χ0) is 22.4. The van der Waals surface area contributed by atoms with E-state index in [9.17, 15) is 13.2 Å². The van der Waals surface area contributed by atoms with E-state index in [1.165, 1.54) is 17.5 Å². The molecule has 1 aliphatic heterocycles. The maximum absolute atomic E-state index is 13.5. The van der Waals surface area contributed by atoms with Crippen LogP contribution >= 0.6 is 0 Å². The molecule has 1 fully saturated rings. The van der Waals surface area contributed by atoms with Crippen molar-refractivity contribution in [2.75, 3.05) is 33.4 Å². The van der Waals surface area contributed by atoms with E-state index in [2.05, 4.69) is 0 Å². The molecule has 1 amide bonds. The fourth-order valence-corrected chi connectivity index (χ4v) is 5.12. The van der Waals surface area contributed by atoms with E-state index in [0.717, 1.165) is 12.0 Å². The maximum Gasteiger partial charge on any atom is 0.254 e. The summed E-state index contributed by atoms with van der Waals surface area (Å²) in [5.41, 5.74) is 1.34. The molecule has 0 bridgehead atoms. The molecule has 1 aliphatic rings. The Labute approximate surface area is 184 Å². The smallest absolute Gasteiger partial charge is 0.254 e. The molecule has 1 heterocycles. The molecule has 2 aromatic rings. The van der Waals surface area contributed by atoms with Crippen LogP contribution in [0, 0.1) is 0 Å². The van der Waals surface area contributed by atoms with Crippen LogP contribution in [-0.2, 0) is 21.3 Å². The van der Waals surface area contributed by atoms with Gasteiger partial charge in [-0.2, -0.15) is 4.31 Å². The first kappa shape index (κ1) is 23.2. The van der Waals surface area contributed by atoms with E-state index in [-0.39, 0.29) is 35.7 Å². The fourth-order valence-electron chi connectivity index (χ4n) is 3.53. The lowest BCUT2D eigenvalue weighted by Gasteiger charge is -2.30. The highest BCUT2D eigenvalue weighted by atomic mass is 32.2. The highest BCUT2D eigenvalue weighted by molar-refractivity contribution is 7.89. The van der Waals surface area contributed by atoms with Gasteiger partial charge in [0.2, 0.25) is 10.0 Å². The summed E-state index contributed by atoms with van der Waals surface area (Å²) in [6.07, 6.45) is 0.785. The van der Waals surface area contributed by atoms with Gasteiger partial charge in [0.1, 0.15) is 10.6 Å². The van der Waals surface area contributed by atoms with Crippen LogP contribution in [0.2, 0.25) is 0 Å². The molecule has 0 radical (unpaired) electrons. The van der Waals surface area contributed by atoms with Gasteiger partial charge in [0.15, 0.2) is 0 Å². The second-order valence-electron chi connectivity index (χ2n) is 7.56. The van der Waals surface area contributed by atoms with Crippen LogP contribution in [0.15, 0.2) is 53.4 Å². The van der Waals surface area contributed by atoms with Crippen molar-refractivity contribution in [2.24, 2.45) is 0 Å². The summed E-state index contributed by atoms with van der Waals surface area (Å²) in [6, 6.07) is 14.4. The summed E-state index contributed by atoms with van der Waals surface area (Å²) in [7, 11) is -2.39. The van der Waals surface area contributed by atoms with Gasteiger partial charge in [0.05, 0.1) is 20.3 Å². The van der Waals surface area contributed by atoms with Crippen LogP contribution in [0.1, 0.15) is 36.2 Å². The maximum atomic E-state index is 13.5. The number of carbonyl (C=O) groups is 1. The van der Waals surface area contributed by atoms with Gasteiger partial charge in [-0.05, 0) is 37.1 Å². The molecule has 1 saturated heterocycles. The Morgan fingerprint density at radius 3 is 2.45 bits per heavy atom. The van der Waals surface area contributed by atoms with Crippen LogP contribution in [0.3, 0.4) is 0 Å². The molecular formula is C23H30N2O5S. The van der Waals surface area contributed by atoms with Gasteiger partial charge in [0.25, 0.3) is 5.91 Å². The van der Waals surface area contributed by atoms with Crippen LogP contribution in [0.25, 0.3) is 0 Å². The third kappa shape index (κ3) is 5.26. The monoisotopic (exact) mass is 446 g/mol. The van der Waals surface area contributed by atoms with Crippen molar-refractivity contribution in [2.45, 2.75) is 37.8 Å². The molecule has 0 aromatic heterocycles. The Morgan fingerprint density at radius 1 is 1.16 bits per heavy atom. The molecule has 0 N–H and O–H groups in total. The van der Waals surface area contributed by atoms with Crippen molar-refractivity contribution in [3.8, 4) is 5.75 Å². The van der Waals surface area contributed by atoms with Crippen molar-refractivity contribution < 1.29 is 22.7 Å². The lowest BCUT2D eigenvalue weighted by Crippen LogP contribution is -2.41. The number of benzene rings is 2. The van der Waals surface area contributed by atoms with E-state index in [4.69, 9.17) is 9.47 Å². The molecule has 1 atom stereocenters.